The lowest BCUT2D eigenvalue weighted by Crippen LogP contribution is -2.27. The quantitative estimate of drug-likeness (QED) is 0.777. The fourth-order valence-corrected chi connectivity index (χ4v) is 2.01. The number of rotatable bonds is 2. The summed E-state index contributed by atoms with van der Waals surface area (Å²) in [6.07, 6.45) is 7.45. The van der Waals surface area contributed by atoms with Crippen molar-refractivity contribution in [1.82, 2.24) is 9.78 Å². The van der Waals surface area contributed by atoms with Gasteiger partial charge in [-0.05, 0) is 12.8 Å². The summed E-state index contributed by atoms with van der Waals surface area (Å²) in [7, 11) is 1.62. The van der Waals surface area contributed by atoms with Crippen molar-refractivity contribution in [3.63, 3.8) is 0 Å². The summed E-state index contributed by atoms with van der Waals surface area (Å²) < 4.78 is 6.88. The number of hydrogen-bond acceptors (Lipinski definition) is 3. The lowest BCUT2D eigenvalue weighted by Gasteiger charge is -2.27. The molecule has 4 nitrogen and oxygen atoms in total. The first-order valence-electron chi connectivity index (χ1n) is 5.07. The van der Waals surface area contributed by atoms with E-state index in [1.165, 1.54) is 6.42 Å². The number of nitrogens with zero attached hydrogens (tertiary/aromatic N) is 2. The fraction of sp³-hybridized carbons (Fsp3) is 0.700. The Morgan fingerprint density at radius 3 is 2.93 bits per heavy atom. The Morgan fingerprint density at radius 1 is 1.50 bits per heavy atom. The average molecular weight is 196 g/mol. The standard InChI is InChI=1S/C10H16N2O2/c1-14-8-6-11-12(7-8)9-4-2-3-5-10(9)13/h6-7,9-10,13H,2-5H2,1H3. The number of ether oxygens (including phenoxy) is 1. The third-order valence-electron chi connectivity index (χ3n) is 2.85. The van der Waals surface area contributed by atoms with Crippen LogP contribution in [0.2, 0.25) is 0 Å². The van der Waals surface area contributed by atoms with Crippen LogP contribution in [0.4, 0.5) is 0 Å². The van der Waals surface area contributed by atoms with Gasteiger partial charge in [-0.15, -0.1) is 0 Å². The van der Waals surface area contributed by atoms with Gasteiger partial charge in [-0.2, -0.15) is 5.10 Å². The van der Waals surface area contributed by atoms with Crippen LogP contribution in [0.1, 0.15) is 31.7 Å². The van der Waals surface area contributed by atoms with Crippen molar-refractivity contribution < 1.29 is 9.84 Å². The minimum Gasteiger partial charge on any atom is -0.493 e. The molecule has 0 aromatic carbocycles. The van der Waals surface area contributed by atoms with E-state index in [2.05, 4.69) is 5.10 Å². The van der Waals surface area contributed by atoms with Gasteiger partial charge < -0.3 is 9.84 Å². The van der Waals surface area contributed by atoms with E-state index in [4.69, 9.17) is 4.74 Å². The first-order chi connectivity index (χ1) is 6.81. The summed E-state index contributed by atoms with van der Waals surface area (Å²) in [6, 6.07) is 0.132. The summed E-state index contributed by atoms with van der Waals surface area (Å²) in [4.78, 5) is 0. The molecule has 1 aromatic rings. The largest absolute Gasteiger partial charge is 0.493 e. The molecule has 0 radical (unpaired) electrons. The van der Waals surface area contributed by atoms with E-state index in [1.54, 1.807) is 13.3 Å². The molecule has 1 saturated carbocycles. The highest BCUT2D eigenvalue weighted by molar-refractivity contribution is 5.12. The van der Waals surface area contributed by atoms with E-state index < -0.39 is 0 Å². The van der Waals surface area contributed by atoms with Crippen LogP contribution in [-0.4, -0.2) is 28.1 Å². The van der Waals surface area contributed by atoms with Gasteiger partial charge in [0.15, 0.2) is 5.75 Å². The topological polar surface area (TPSA) is 47.3 Å². The Morgan fingerprint density at radius 2 is 2.29 bits per heavy atom. The molecule has 2 unspecified atom stereocenters. The van der Waals surface area contributed by atoms with Crippen molar-refractivity contribution in [3.05, 3.63) is 12.4 Å². The van der Waals surface area contributed by atoms with Gasteiger partial charge in [0.25, 0.3) is 0 Å². The maximum absolute atomic E-state index is 9.80. The van der Waals surface area contributed by atoms with Gasteiger partial charge in [-0.3, -0.25) is 4.68 Å². The van der Waals surface area contributed by atoms with Crippen molar-refractivity contribution >= 4 is 0 Å². The minimum atomic E-state index is -0.256. The molecule has 0 saturated heterocycles. The maximum atomic E-state index is 9.80. The molecule has 1 aliphatic carbocycles. The molecule has 2 rings (SSSR count). The summed E-state index contributed by atoms with van der Waals surface area (Å²) in [5, 5.41) is 14.0. The van der Waals surface area contributed by atoms with Gasteiger partial charge in [-0.25, -0.2) is 0 Å². The van der Waals surface area contributed by atoms with Gasteiger partial charge in [0.2, 0.25) is 0 Å². The molecule has 0 amide bonds. The van der Waals surface area contributed by atoms with Gasteiger partial charge in [-0.1, -0.05) is 12.8 Å². The first kappa shape index (κ1) is 9.52. The van der Waals surface area contributed by atoms with E-state index in [-0.39, 0.29) is 12.1 Å². The van der Waals surface area contributed by atoms with Crippen LogP contribution >= 0.6 is 0 Å². The molecule has 14 heavy (non-hydrogen) atoms. The van der Waals surface area contributed by atoms with Crippen LogP contribution < -0.4 is 4.74 Å². The van der Waals surface area contributed by atoms with E-state index in [0.717, 1.165) is 25.0 Å². The summed E-state index contributed by atoms with van der Waals surface area (Å²) >= 11 is 0. The van der Waals surface area contributed by atoms with E-state index in [1.807, 2.05) is 10.9 Å². The second-order valence-electron chi connectivity index (χ2n) is 3.78. The molecular formula is C10H16N2O2. The third kappa shape index (κ3) is 1.75. The molecule has 0 aliphatic heterocycles. The molecule has 1 aliphatic rings. The second-order valence-corrected chi connectivity index (χ2v) is 3.78. The third-order valence-corrected chi connectivity index (χ3v) is 2.85. The van der Waals surface area contributed by atoms with Gasteiger partial charge in [0.05, 0.1) is 31.6 Å². The number of aromatic nitrogens is 2. The molecule has 2 atom stereocenters. The average Bonchev–Trinajstić information content (AvgIpc) is 2.67. The summed E-state index contributed by atoms with van der Waals surface area (Å²) in [5.41, 5.74) is 0. The zero-order valence-electron chi connectivity index (χ0n) is 8.39. The van der Waals surface area contributed by atoms with Gasteiger partial charge >= 0.3 is 0 Å². The minimum absolute atomic E-state index is 0.132. The van der Waals surface area contributed by atoms with E-state index in [9.17, 15) is 5.11 Å². The van der Waals surface area contributed by atoms with Crippen LogP contribution in [-0.2, 0) is 0 Å². The van der Waals surface area contributed by atoms with Crippen molar-refractivity contribution in [2.45, 2.75) is 37.8 Å². The Bertz CT molecular complexity index is 298. The Kier molecular flexibility index (Phi) is 2.72. The molecule has 1 fully saturated rings. The van der Waals surface area contributed by atoms with Crippen LogP contribution in [0.5, 0.6) is 5.75 Å². The second kappa shape index (κ2) is 4.00. The molecule has 0 bridgehead atoms. The molecule has 1 aromatic heterocycles. The summed E-state index contributed by atoms with van der Waals surface area (Å²) in [5.74, 6) is 0.753. The lowest BCUT2D eigenvalue weighted by molar-refractivity contribution is 0.0693. The summed E-state index contributed by atoms with van der Waals surface area (Å²) in [6.45, 7) is 0. The highest BCUT2D eigenvalue weighted by atomic mass is 16.5. The smallest absolute Gasteiger partial charge is 0.156 e. The highest BCUT2D eigenvalue weighted by Gasteiger charge is 2.25. The maximum Gasteiger partial charge on any atom is 0.156 e. The van der Waals surface area contributed by atoms with Crippen LogP contribution in [0.15, 0.2) is 12.4 Å². The predicted octanol–water partition coefficient (Wildman–Crippen LogP) is 1.37. The van der Waals surface area contributed by atoms with Crippen LogP contribution in [0.3, 0.4) is 0 Å². The van der Waals surface area contributed by atoms with Crippen LogP contribution in [0.25, 0.3) is 0 Å². The van der Waals surface area contributed by atoms with E-state index in [0.29, 0.717) is 0 Å². The normalized spacial score (nSPS) is 27.6. The van der Waals surface area contributed by atoms with Crippen molar-refractivity contribution in [2.75, 3.05) is 7.11 Å². The fourth-order valence-electron chi connectivity index (χ4n) is 2.01. The molecule has 4 heteroatoms. The van der Waals surface area contributed by atoms with Crippen LogP contribution in [0, 0.1) is 0 Å². The number of aliphatic hydroxyl groups is 1. The predicted molar refractivity (Wildman–Crippen MR) is 52.3 cm³/mol. The van der Waals surface area contributed by atoms with Gasteiger partial charge in [0.1, 0.15) is 0 Å². The lowest BCUT2D eigenvalue weighted by atomic mass is 9.93. The number of aliphatic hydroxyl groups excluding tert-OH is 1. The molecular weight excluding hydrogens is 180 g/mol. The Balaban J connectivity index is 2.12. The monoisotopic (exact) mass is 196 g/mol. The van der Waals surface area contributed by atoms with E-state index >= 15 is 0 Å². The zero-order chi connectivity index (χ0) is 9.97. The van der Waals surface area contributed by atoms with Crippen molar-refractivity contribution in [3.8, 4) is 5.75 Å². The first-order valence-corrected chi connectivity index (χ1v) is 5.07. The number of hydrogen-bond donors (Lipinski definition) is 1. The molecule has 1 heterocycles. The molecule has 78 valence electrons. The van der Waals surface area contributed by atoms with Crippen molar-refractivity contribution in [1.29, 1.82) is 0 Å². The zero-order valence-corrected chi connectivity index (χ0v) is 8.39. The molecule has 0 spiro atoms. The highest BCUT2D eigenvalue weighted by Crippen LogP contribution is 2.28. The SMILES string of the molecule is COc1cnn(C2CCCCC2O)c1. The Labute approximate surface area is 83.5 Å². The Hall–Kier alpha value is -1.03. The number of methoxy groups -OCH3 is 1. The van der Waals surface area contributed by atoms with Crippen molar-refractivity contribution in [2.24, 2.45) is 0 Å². The molecule has 1 N–H and O–H groups in total. The van der Waals surface area contributed by atoms with Gasteiger partial charge in [0, 0.05) is 0 Å².